The molecule has 1 aliphatic carbocycles. The number of hydrogen-bond donors (Lipinski definition) is 0. The van der Waals surface area contributed by atoms with E-state index in [4.69, 9.17) is 4.74 Å². The van der Waals surface area contributed by atoms with Gasteiger partial charge >= 0.3 is 6.18 Å². The number of halogens is 4. The molecule has 200 valence electrons. The van der Waals surface area contributed by atoms with E-state index in [9.17, 15) is 17.6 Å². The van der Waals surface area contributed by atoms with E-state index in [1.54, 1.807) is 30.6 Å². The van der Waals surface area contributed by atoms with Crippen LogP contribution in [0.2, 0.25) is 0 Å². The van der Waals surface area contributed by atoms with Crippen LogP contribution in [0.5, 0.6) is 5.75 Å². The molecule has 0 N–H and O–H groups in total. The van der Waals surface area contributed by atoms with Gasteiger partial charge in [0.15, 0.2) is 0 Å². The fraction of sp³-hybridized carbons (Fsp3) is 0.400. The Labute approximate surface area is 216 Å². The summed E-state index contributed by atoms with van der Waals surface area (Å²) in [6.45, 7) is 0. The lowest BCUT2D eigenvalue weighted by Crippen LogP contribution is -2.36. The van der Waals surface area contributed by atoms with Crippen molar-refractivity contribution in [2.75, 3.05) is 19.1 Å². The standard InChI is InChI=1S/C25H26F4N8O/c1-35-14-30-31-22(35)12-16-6-10-19(23(16)15-4-7-17(26)8-5-15)36(2)20-13-18(9-11-21(20)38-3)37-24(25(27,28)29)32-33-34-37/h4-5,7-9,11,13-14,16,19,23H,6,10,12H2,1-3H3. The van der Waals surface area contributed by atoms with Crippen LogP contribution in [-0.2, 0) is 19.6 Å². The van der Waals surface area contributed by atoms with Crippen LogP contribution in [0.4, 0.5) is 23.2 Å². The number of rotatable bonds is 7. The van der Waals surface area contributed by atoms with Gasteiger partial charge in [-0.05, 0) is 65.1 Å². The minimum atomic E-state index is -4.72. The Kier molecular flexibility index (Phi) is 6.76. The first-order chi connectivity index (χ1) is 18.2. The van der Waals surface area contributed by atoms with E-state index >= 15 is 0 Å². The topological polar surface area (TPSA) is 86.8 Å². The second kappa shape index (κ2) is 10.0. The molecule has 1 aliphatic rings. The predicted octanol–water partition coefficient (Wildman–Crippen LogP) is 4.20. The Morgan fingerprint density at radius 3 is 2.50 bits per heavy atom. The highest BCUT2D eigenvalue weighted by molar-refractivity contribution is 5.64. The lowest BCUT2D eigenvalue weighted by atomic mass is 9.84. The molecular formula is C25H26F4N8O. The van der Waals surface area contributed by atoms with Crippen molar-refractivity contribution in [3.8, 4) is 11.4 Å². The largest absolute Gasteiger partial charge is 0.495 e. The number of ether oxygens (including phenoxy) is 1. The molecular weight excluding hydrogens is 504 g/mol. The summed E-state index contributed by atoms with van der Waals surface area (Å²) in [4.78, 5) is 2.02. The molecule has 38 heavy (non-hydrogen) atoms. The summed E-state index contributed by atoms with van der Waals surface area (Å²) in [5.41, 5.74) is 1.71. The van der Waals surface area contributed by atoms with Gasteiger partial charge < -0.3 is 14.2 Å². The SMILES string of the molecule is COc1ccc(-n2nnnc2C(F)(F)F)cc1N(C)C1CCC(Cc2nncn2C)C1c1ccc(F)cc1. The van der Waals surface area contributed by atoms with E-state index in [0.29, 0.717) is 22.5 Å². The van der Waals surface area contributed by atoms with E-state index in [-0.39, 0.29) is 29.4 Å². The van der Waals surface area contributed by atoms with Crippen LogP contribution in [0, 0.1) is 11.7 Å². The fourth-order valence-electron chi connectivity index (χ4n) is 5.43. The van der Waals surface area contributed by atoms with E-state index in [1.165, 1.54) is 25.3 Å². The molecule has 2 aromatic carbocycles. The summed E-state index contributed by atoms with van der Waals surface area (Å²) in [7, 11) is 5.29. The summed E-state index contributed by atoms with van der Waals surface area (Å²) < 4.78 is 62.4. The van der Waals surface area contributed by atoms with Crippen LogP contribution in [0.1, 0.15) is 36.0 Å². The molecule has 13 heteroatoms. The molecule has 4 aromatic rings. The van der Waals surface area contributed by atoms with E-state index in [2.05, 4.69) is 25.7 Å². The summed E-state index contributed by atoms with van der Waals surface area (Å²) in [5, 5.41) is 18.2. The molecule has 3 atom stereocenters. The van der Waals surface area contributed by atoms with Gasteiger partial charge in [0.05, 0.1) is 18.5 Å². The number of hydrogen-bond acceptors (Lipinski definition) is 7. The zero-order chi connectivity index (χ0) is 27.0. The Morgan fingerprint density at radius 1 is 1.08 bits per heavy atom. The molecule has 0 spiro atoms. The molecule has 1 saturated carbocycles. The Hall–Kier alpha value is -4.03. The van der Waals surface area contributed by atoms with E-state index in [1.807, 2.05) is 23.6 Å². The van der Waals surface area contributed by atoms with Gasteiger partial charge in [0.1, 0.15) is 23.7 Å². The maximum absolute atomic E-state index is 13.8. The summed E-state index contributed by atoms with van der Waals surface area (Å²) in [6.07, 6.45) is -0.711. The molecule has 2 heterocycles. The molecule has 0 radical (unpaired) electrons. The normalized spacial score (nSPS) is 19.6. The predicted molar refractivity (Wildman–Crippen MR) is 129 cm³/mol. The molecule has 3 unspecified atom stereocenters. The minimum absolute atomic E-state index is 0.00978. The number of alkyl halides is 3. The number of aromatic nitrogens is 7. The molecule has 0 amide bonds. The van der Waals surface area contributed by atoms with Gasteiger partial charge in [-0.15, -0.1) is 15.3 Å². The average Bonchev–Trinajstić information content (AvgIpc) is 3.64. The summed E-state index contributed by atoms with van der Waals surface area (Å²) in [5.74, 6) is -0.0236. The number of methoxy groups -OCH3 is 1. The molecule has 0 bridgehead atoms. The van der Waals surface area contributed by atoms with Crippen LogP contribution in [0.3, 0.4) is 0 Å². The van der Waals surface area contributed by atoms with Crippen molar-refractivity contribution >= 4 is 5.69 Å². The quantitative estimate of drug-likeness (QED) is 0.331. The zero-order valence-electron chi connectivity index (χ0n) is 21.0. The van der Waals surface area contributed by atoms with Crippen molar-refractivity contribution in [3.05, 3.63) is 71.8 Å². The molecule has 0 saturated heterocycles. The molecule has 2 aromatic heterocycles. The number of benzene rings is 2. The van der Waals surface area contributed by atoms with Crippen LogP contribution >= 0.6 is 0 Å². The number of anilines is 1. The Morgan fingerprint density at radius 2 is 1.84 bits per heavy atom. The monoisotopic (exact) mass is 530 g/mol. The van der Waals surface area contributed by atoms with Crippen molar-refractivity contribution < 1.29 is 22.3 Å². The second-order valence-corrected chi connectivity index (χ2v) is 9.42. The lowest BCUT2D eigenvalue weighted by molar-refractivity contribution is -0.146. The first kappa shape index (κ1) is 25.6. The van der Waals surface area contributed by atoms with Gasteiger partial charge in [-0.2, -0.15) is 17.9 Å². The van der Waals surface area contributed by atoms with E-state index < -0.39 is 12.0 Å². The highest BCUT2D eigenvalue weighted by Gasteiger charge is 2.41. The first-order valence-corrected chi connectivity index (χ1v) is 12.0. The molecule has 5 rings (SSSR count). The van der Waals surface area contributed by atoms with Crippen molar-refractivity contribution in [3.63, 3.8) is 0 Å². The van der Waals surface area contributed by atoms with E-state index in [0.717, 1.165) is 24.2 Å². The molecule has 0 aliphatic heterocycles. The average molecular weight is 531 g/mol. The van der Waals surface area contributed by atoms with Crippen molar-refractivity contribution in [2.45, 2.75) is 37.4 Å². The number of likely N-dealkylation sites (N-methyl/N-ethyl adjacent to an activating group) is 1. The van der Waals surface area contributed by atoms with Crippen molar-refractivity contribution in [2.24, 2.45) is 13.0 Å². The van der Waals surface area contributed by atoms with Crippen LogP contribution in [0.25, 0.3) is 5.69 Å². The number of nitrogens with zero attached hydrogens (tertiary/aromatic N) is 8. The third-order valence-corrected chi connectivity index (χ3v) is 7.27. The minimum Gasteiger partial charge on any atom is -0.495 e. The van der Waals surface area contributed by atoms with Gasteiger partial charge in [-0.25, -0.2) is 4.39 Å². The number of aryl methyl sites for hydroxylation is 1. The second-order valence-electron chi connectivity index (χ2n) is 9.42. The zero-order valence-corrected chi connectivity index (χ0v) is 21.0. The highest BCUT2D eigenvalue weighted by Crippen LogP contribution is 2.46. The van der Waals surface area contributed by atoms with Crippen LogP contribution in [-0.4, -0.2) is 55.2 Å². The van der Waals surface area contributed by atoms with Crippen molar-refractivity contribution in [1.82, 2.24) is 35.0 Å². The maximum Gasteiger partial charge on any atom is 0.453 e. The van der Waals surface area contributed by atoms with Crippen molar-refractivity contribution in [1.29, 1.82) is 0 Å². The summed E-state index contributed by atoms with van der Waals surface area (Å²) >= 11 is 0. The van der Waals surface area contributed by atoms with Crippen LogP contribution in [0.15, 0.2) is 48.8 Å². The lowest BCUT2D eigenvalue weighted by Gasteiger charge is -2.35. The Balaban J connectivity index is 1.53. The first-order valence-electron chi connectivity index (χ1n) is 12.0. The molecule has 9 nitrogen and oxygen atoms in total. The van der Waals surface area contributed by atoms with Crippen LogP contribution < -0.4 is 9.64 Å². The summed E-state index contributed by atoms with van der Waals surface area (Å²) in [6, 6.07) is 11.1. The third-order valence-electron chi connectivity index (χ3n) is 7.27. The van der Waals surface area contributed by atoms with Gasteiger partial charge in [-0.1, -0.05) is 12.1 Å². The van der Waals surface area contributed by atoms with Gasteiger partial charge in [0, 0.05) is 32.5 Å². The number of tetrazole rings is 1. The fourth-order valence-corrected chi connectivity index (χ4v) is 5.43. The maximum atomic E-state index is 13.8. The smallest absolute Gasteiger partial charge is 0.453 e. The van der Waals surface area contributed by atoms with Gasteiger partial charge in [0.2, 0.25) is 0 Å². The molecule has 1 fully saturated rings. The van der Waals surface area contributed by atoms with Gasteiger partial charge in [-0.3, -0.25) is 0 Å². The Bertz CT molecular complexity index is 1400. The third kappa shape index (κ3) is 4.79. The highest BCUT2D eigenvalue weighted by atomic mass is 19.4. The van der Waals surface area contributed by atoms with Gasteiger partial charge in [0.25, 0.3) is 5.82 Å².